The van der Waals surface area contributed by atoms with Crippen molar-refractivity contribution in [3.05, 3.63) is 0 Å². The molecule has 2 rings (SSSR count). The number of nitrogens with one attached hydrogen (secondary N) is 1. The summed E-state index contributed by atoms with van der Waals surface area (Å²) in [5.74, 6) is 1.79. The molecule has 28 heavy (non-hydrogen) atoms. The van der Waals surface area contributed by atoms with E-state index in [1.165, 1.54) is 25.9 Å². The van der Waals surface area contributed by atoms with E-state index in [1.807, 2.05) is 7.05 Å². The van der Waals surface area contributed by atoms with Gasteiger partial charge < -0.3 is 29.3 Å². The molecule has 2 aliphatic heterocycles. The Hall–Kier alpha value is -0.160. The Balaban J connectivity index is 0.00000392. The van der Waals surface area contributed by atoms with Crippen LogP contribution in [-0.2, 0) is 14.2 Å². The Morgan fingerprint density at radius 3 is 2.25 bits per heavy atom. The molecule has 166 valence electrons. The third-order valence-corrected chi connectivity index (χ3v) is 5.67. The van der Waals surface area contributed by atoms with Crippen LogP contribution in [0.4, 0.5) is 0 Å². The van der Waals surface area contributed by atoms with Gasteiger partial charge in [-0.3, -0.25) is 4.99 Å². The molecule has 0 aromatic heterocycles. The molecule has 0 aromatic carbocycles. The Bertz CT molecular complexity index is 412. The van der Waals surface area contributed by atoms with Crippen LogP contribution in [0.2, 0.25) is 0 Å². The van der Waals surface area contributed by atoms with E-state index >= 15 is 0 Å². The molecular formula is C20H41IN4O3. The molecule has 0 saturated carbocycles. The van der Waals surface area contributed by atoms with Gasteiger partial charge in [0.1, 0.15) is 0 Å². The molecule has 7 nitrogen and oxygen atoms in total. The molecule has 0 radical (unpaired) electrons. The standard InChI is InChI=1S/C20H40N4O3.HI/c1-21-20(22-17-18-5-9-23(10-6-18)13-16-26-3)24-11-7-19(8-12-24)27-15-4-14-25-2;/h18-19H,4-17H2,1-3H3,(H,21,22);1H. The lowest BCUT2D eigenvalue weighted by molar-refractivity contribution is 0.00986. The van der Waals surface area contributed by atoms with Gasteiger partial charge in [0.2, 0.25) is 0 Å². The van der Waals surface area contributed by atoms with Crippen LogP contribution in [0.25, 0.3) is 0 Å². The first-order chi connectivity index (χ1) is 13.3. The maximum absolute atomic E-state index is 5.96. The highest BCUT2D eigenvalue weighted by molar-refractivity contribution is 14.0. The molecule has 8 heteroatoms. The number of aliphatic imine (C=N–C) groups is 1. The summed E-state index contributed by atoms with van der Waals surface area (Å²) in [6.45, 7) is 8.89. The fourth-order valence-electron chi connectivity index (χ4n) is 3.89. The molecule has 0 bridgehead atoms. The van der Waals surface area contributed by atoms with E-state index in [9.17, 15) is 0 Å². The minimum atomic E-state index is 0. The van der Waals surface area contributed by atoms with E-state index in [0.29, 0.717) is 6.10 Å². The molecule has 0 atom stereocenters. The lowest BCUT2D eigenvalue weighted by Gasteiger charge is -2.36. The quantitative estimate of drug-likeness (QED) is 0.209. The second kappa shape index (κ2) is 15.6. The summed E-state index contributed by atoms with van der Waals surface area (Å²) in [5, 5.41) is 3.62. The van der Waals surface area contributed by atoms with Crippen LogP contribution in [-0.4, -0.2) is 102 Å². The second-order valence-electron chi connectivity index (χ2n) is 7.61. The first-order valence-electron chi connectivity index (χ1n) is 10.5. The van der Waals surface area contributed by atoms with Crippen LogP contribution in [0.3, 0.4) is 0 Å². The van der Waals surface area contributed by atoms with Gasteiger partial charge in [-0.25, -0.2) is 0 Å². The number of piperidine rings is 2. The normalized spacial score (nSPS) is 20.2. The van der Waals surface area contributed by atoms with Crippen LogP contribution < -0.4 is 5.32 Å². The minimum Gasteiger partial charge on any atom is -0.385 e. The number of halogens is 1. The summed E-state index contributed by atoms with van der Waals surface area (Å²) in [6.07, 6.45) is 6.02. The van der Waals surface area contributed by atoms with E-state index in [-0.39, 0.29) is 24.0 Å². The average Bonchev–Trinajstić information content (AvgIpc) is 2.72. The topological polar surface area (TPSA) is 58.6 Å². The number of hydrogen-bond acceptors (Lipinski definition) is 5. The van der Waals surface area contributed by atoms with Crippen LogP contribution in [0.5, 0.6) is 0 Å². The van der Waals surface area contributed by atoms with Crippen molar-refractivity contribution >= 4 is 29.9 Å². The van der Waals surface area contributed by atoms with Crippen LogP contribution in [0, 0.1) is 5.92 Å². The molecular weight excluding hydrogens is 471 g/mol. The molecule has 2 aliphatic rings. The number of hydrogen-bond donors (Lipinski definition) is 1. The molecule has 0 unspecified atom stereocenters. The van der Waals surface area contributed by atoms with Gasteiger partial charge >= 0.3 is 0 Å². The Kier molecular flexibility index (Phi) is 14.5. The van der Waals surface area contributed by atoms with Gasteiger partial charge in [-0.05, 0) is 51.1 Å². The van der Waals surface area contributed by atoms with Crippen molar-refractivity contribution in [3.63, 3.8) is 0 Å². The predicted octanol–water partition coefficient (Wildman–Crippen LogP) is 2.06. The predicted molar refractivity (Wildman–Crippen MR) is 125 cm³/mol. The number of guanidine groups is 1. The maximum Gasteiger partial charge on any atom is 0.193 e. The minimum absolute atomic E-state index is 0. The molecule has 2 heterocycles. The summed E-state index contributed by atoms with van der Waals surface area (Å²) in [4.78, 5) is 9.39. The van der Waals surface area contributed by atoms with Crippen molar-refractivity contribution in [2.45, 2.75) is 38.2 Å². The number of ether oxygens (including phenoxy) is 3. The number of rotatable bonds is 10. The number of likely N-dealkylation sites (tertiary alicyclic amines) is 2. The van der Waals surface area contributed by atoms with E-state index < -0.39 is 0 Å². The van der Waals surface area contributed by atoms with Gasteiger partial charge in [-0.2, -0.15) is 0 Å². The molecule has 2 fully saturated rings. The highest BCUT2D eigenvalue weighted by Gasteiger charge is 2.23. The number of nitrogens with zero attached hydrogens (tertiary/aromatic N) is 3. The van der Waals surface area contributed by atoms with Crippen LogP contribution >= 0.6 is 24.0 Å². The van der Waals surface area contributed by atoms with E-state index in [1.54, 1.807) is 14.2 Å². The first-order valence-corrected chi connectivity index (χ1v) is 10.5. The van der Waals surface area contributed by atoms with Crippen LogP contribution in [0.15, 0.2) is 4.99 Å². The molecule has 0 aliphatic carbocycles. The van der Waals surface area contributed by atoms with Crippen molar-refractivity contribution in [1.82, 2.24) is 15.1 Å². The zero-order valence-corrected chi connectivity index (χ0v) is 20.4. The molecule has 2 saturated heterocycles. The van der Waals surface area contributed by atoms with E-state index in [4.69, 9.17) is 14.2 Å². The van der Waals surface area contributed by atoms with Gasteiger partial charge in [0.25, 0.3) is 0 Å². The lowest BCUT2D eigenvalue weighted by atomic mass is 9.97. The van der Waals surface area contributed by atoms with Crippen molar-refractivity contribution in [1.29, 1.82) is 0 Å². The SMILES string of the molecule is CN=C(NCC1CCN(CCOC)CC1)N1CCC(OCCCOC)CC1.I. The summed E-state index contributed by atoms with van der Waals surface area (Å²) in [7, 11) is 5.41. The average molecular weight is 512 g/mol. The fourth-order valence-corrected chi connectivity index (χ4v) is 3.89. The van der Waals surface area contributed by atoms with Crippen molar-refractivity contribution < 1.29 is 14.2 Å². The number of methoxy groups -OCH3 is 2. The Morgan fingerprint density at radius 2 is 1.64 bits per heavy atom. The van der Waals surface area contributed by atoms with Gasteiger partial charge in [-0.15, -0.1) is 24.0 Å². The summed E-state index contributed by atoms with van der Waals surface area (Å²) < 4.78 is 16.2. The summed E-state index contributed by atoms with van der Waals surface area (Å²) in [6, 6.07) is 0. The van der Waals surface area contributed by atoms with E-state index in [2.05, 4.69) is 20.1 Å². The van der Waals surface area contributed by atoms with Crippen molar-refractivity contribution in [3.8, 4) is 0 Å². The lowest BCUT2D eigenvalue weighted by Crippen LogP contribution is -2.48. The summed E-state index contributed by atoms with van der Waals surface area (Å²) >= 11 is 0. The second-order valence-corrected chi connectivity index (χ2v) is 7.61. The van der Waals surface area contributed by atoms with Crippen molar-refractivity contribution in [2.24, 2.45) is 10.9 Å². The monoisotopic (exact) mass is 512 g/mol. The summed E-state index contributed by atoms with van der Waals surface area (Å²) in [5.41, 5.74) is 0. The highest BCUT2D eigenvalue weighted by atomic mass is 127. The Labute approximate surface area is 188 Å². The molecule has 0 amide bonds. The largest absolute Gasteiger partial charge is 0.385 e. The molecule has 1 N–H and O–H groups in total. The van der Waals surface area contributed by atoms with Crippen LogP contribution in [0.1, 0.15) is 32.1 Å². The maximum atomic E-state index is 5.96. The van der Waals surface area contributed by atoms with Gasteiger partial charge in [0.15, 0.2) is 5.96 Å². The highest BCUT2D eigenvalue weighted by Crippen LogP contribution is 2.17. The van der Waals surface area contributed by atoms with Gasteiger partial charge in [0.05, 0.1) is 12.7 Å². The molecule has 0 spiro atoms. The zero-order valence-electron chi connectivity index (χ0n) is 18.0. The van der Waals surface area contributed by atoms with Gasteiger partial charge in [-0.1, -0.05) is 0 Å². The first kappa shape index (κ1) is 25.9. The van der Waals surface area contributed by atoms with Gasteiger partial charge in [0, 0.05) is 60.7 Å². The Morgan fingerprint density at radius 1 is 0.964 bits per heavy atom. The smallest absolute Gasteiger partial charge is 0.193 e. The third-order valence-electron chi connectivity index (χ3n) is 5.67. The zero-order chi connectivity index (χ0) is 19.3. The molecule has 0 aromatic rings. The van der Waals surface area contributed by atoms with E-state index in [0.717, 1.165) is 77.1 Å². The fraction of sp³-hybridized carbons (Fsp3) is 0.950. The van der Waals surface area contributed by atoms with Crippen molar-refractivity contribution in [2.75, 3.05) is 80.4 Å². The third kappa shape index (κ3) is 9.56.